The topological polar surface area (TPSA) is 124 Å². The molecule has 2 rings (SSSR count). The van der Waals surface area contributed by atoms with Crippen LogP contribution in [0.15, 0.2) is 24.3 Å². The Hall–Kier alpha value is -2.44. The van der Waals surface area contributed by atoms with Crippen LogP contribution in [0.5, 0.6) is 0 Å². The third-order valence-corrected chi connectivity index (χ3v) is 4.59. The summed E-state index contributed by atoms with van der Waals surface area (Å²) >= 11 is 0. The van der Waals surface area contributed by atoms with Gasteiger partial charge in [0, 0.05) is 18.1 Å². The SMILES string of the molecule is CC1CCC(C(N)=O)(C(=O)O)C(c2ccc([N+](=O)[O-])cc2)C1. The summed E-state index contributed by atoms with van der Waals surface area (Å²) in [7, 11) is 0. The van der Waals surface area contributed by atoms with Crippen molar-refractivity contribution in [1.82, 2.24) is 0 Å². The molecule has 0 spiro atoms. The lowest BCUT2D eigenvalue weighted by atomic mass is 9.61. The number of nitrogens with two attached hydrogens (primary N) is 1. The van der Waals surface area contributed by atoms with E-state index in [9.17, 15) is 24.8 Å². The molecule has 3 unspecified atom stereocenters. The highest BCUT2D eigenvalue weighted by atomic mass is 16.6. The predicted octanol–water partition coefficient (Wildman–Crippen LogP) is 2.05. The zero-order valence-corrected chi connectivity index (χ0v) is 12.2. The number of benzene rings is 1. The van der Waals surface area contributed by atoms with Crippen LogP contribution in [0.1, 0.15) is 37.7 Å². The molecular formula is C15H18N2O5. The molecule has 1 aliphatic rings. The number of nitrogens with zero attached hydrogens (tertiary/aromatic N) is 1. The van der Waals surface area contributed by atoms with Crippen LogP contribution in [0.25, 0.3) is 0 Å². The van der Waals surface area contributed by atoms with Gasteiger partial charge in [0.15, 0.2) is 5.41 Å². The highest BCUT2D eigenvalue weighted by Gasteiger charge is 2.54. The fourth-order valence-electron chi connectivity index (χ4n) is 3.27. The van der Waals surface area contributed by atoms with Gasteiger partial charge in [0.05, 0.1) is 4.92 Å². The Bertz CT molecular complexity index is 597. The summed E-state index contributed by atoms with van der Waals surface area (Å²) in [5.41, 5.74) is 4.30. The van der Waals surface area contributed by atoms with Gasteiger partial charge >= 0.3 is 5.97 Å². The first-order valence-electron chi connectivity index (χ1n) is 7.06. The standard InChI is InChI=1S/C15H18N2O5/c1-9-6-7-15(13(16)18,14(19)20)12(8-9)10-2-4-11(5-3-10)17(21)22/h2-5,9,12H,6-8H2,1H3,(H2,16,18)(H,19,20). The third-order valence-electron chi connectivity index (χ3n) is 4.59. The molecule has 0 aliphatic heterocycles. The van der Waals surface area contributed by atoms with Gasteiger partial charge in [0.25, 0.3) is 5.69 Å². The van der Waals surface area contributed by atoms with E-state index in [2.05, 4.69) is 0 Å². The Balaban J connectivity index is 2.48. The minimum atomic E-state index is -1.65. The van der Waals surface area contributed by atoms with Crippen LogP contribution in [0.2, 0.25) is 0 Å². The van der Waals surface area contributed by atoms with E-state index in [-0.39, 0.29) is 18.0 Å². The van der Waals surface area contributed by atoms with Gasteiger partial charge < -0.3 is 10.8 Å². The molecular weight excluding hydrogens is 288 g/mol. The molecule has 1 aromatic carbocycles. The van der Waals surface area contributed by atoms with E-state index in [1.165, 1.54) is 24.3 Å². The number of rotatable bonds is 4. The van der Waals surface area contributed by atoms with Crippen molar-refractivity contribution in [2.75, 3.05) is 0 Å². The van der Waals surface area contributed by atoms with Crippen LogP contribution in [-0.4, -0.2) is 21.9 Å². The first-order valence-corrected chi connectivity index (χ1v) is 7.06. The molecule has 1 amide bonds. The smallest absolute Gasteiger partial charge is 0.319 e. The van der Waals surface area contributed by atoms with Crippen LogP contribution < -0.4 is 5.73 Å². The van der Waals surface area contributed by atoms with Crippen molar-refractivity contribution < 1.29 is 19.6 Å². The summed E-state index contributed by atoms with van der Waals surface area (Å²) in [5.74, 6) is -2.40. The van der Waals surface area contributed by atoms with Gasteiger partial charge in [-0.2, -0.15) is 0 Å². The number of hydrogen-bond donors (Lipinski definition) is 2. The van der Waals surface area contributed by atoms with Gasteiger partial charge in [-0.25, -0.2) is 0 Å². The number of nitro groups is 1. The van der Waals surface area contributed by atoms with Crippen molar-refractivity contribution in [2.45, 2.75) is 32.1 Å². The first-order chi connectivity index (χ1) is 10.3. The van der Waals surface area contributed by atoms with Crippen LogP contribution in [0.4, 0.5) is 5.69 Å². The van der Waals surface area contributed by atoms with E-state index in [4.69, 9.17) is 5.73 Å². The number of carboxylic acids is 1. The minimum Gasteiger partial charge on any atom is -0.480 e. The lowest BCUT2D eigenvalue weighted by Crippen LogP contribution is -2.50. The molecule has 3 atom stereocenters. The van der Waals surface area contributed by atoms with E-state index in [0.29, 0.717) is 18.4 Å². The highest BCUT2D eigenvalue weighted by Crippen LogP contribution is 2.49. The van der Waals surface area contributed by atoms with Gasteiger partial charge in [0.2, 0.25) is 5.91 Å². The number of non-ortho nitro benzene ring substituents is 1. The van der Waals surface area contributed by atoms with E-state index in [0.717, 1.165) is 0 Å². The number of carboxylic acid groups (broad SMARTS) is 1. The average molecular weight is 306 g/mol. The number of hydrogen-bond acceptors (Lipinski definition) is 4. The zero-order valence-electron chi connectivity index (χ0n) is 12.2. The Morgan fingerprint density at radius 1 is 1.36 bits per heavy atom. The van der Waals surface area contributed by atoms with Gasteiger partial charge in [0.1, 0.15) is 0 Å². The van der Waals surface area contributed by atoms with Gasteiger partial charge in [-0.15, -0.1) is 0 Å². The molecule has 0 aromatic heterocycles. The fourth-order valence-corrected chi connectivity index (χ4v) is 3.27. The van der Waals surface area contributed by atoms with E-state index in [1.54, 1.807) is 0 Å². The van der Waals surface area contributed by atoms with Crippen molar-refractivity contribution in [3.05, 3.63) is 39.9 Å². The summed E-state index contributed by atoms with van der Waals surface area (Å²) in [4.78, 5) is 33.9. The summed E-state index contributed by atoms with van der Waals surface area (Å²) in [6.45, 7) is 1.99. The molecule has 0 bridgehead atoms. The average Bonchev–Trinajstić information content (AvgIpc) is 2.46. The van der Waals surface area contributed by atoms with Crippen molar-refractivity contribution in [3.63, 3.8) is 0 Å². The third kappa shape index (κ3) is 2.54. The lowest BCUT2D eigenvalue weighted by Gasteiger charge is -2.41. The minimum absolute atomic E-state index is 0.0763. The molecule has 0 radical (unpaired) electrons. The Morgan fingerprint density at radius 2 is 1.95 bits per heavy atom. The van der Waals surface area contributed by atoms with Crippen LogP contribution >= 0.6 is 0 Å². The number of primary amides is 1. The highest BCUT2D eigenvalue weighted by molar-refractivity contribution is 6.02. The molecule has 7 nitrogen and oxygen atoms in total. The Labute approximate surface area is 127 Å². The van der Waals surface area contributed by atoms with Gasteiger partial charge in [-0.3, -0.25) is 19.7 Å². The maximum absolute atomic E-state index is 11.9. The van der Waals surface area contributed by atoms with Crippen LogP contribution in [0.3, 0.4) is 0 Å². The largest absolute Gasteiger partial charge is 0.480 e. The quantitative estimate of drug-likeness (QED) is 0.500. The maximum Gasteiger partial charge on any atom is 0.319 e. The molecule has 1 aliphatic carbocycles. The van der Waals surface area contributed by atoms with Crippen molar-refractivity contribution in [2.24, 2.45) is 17.1 Å². The first kappa shape index (κ1) is 15.9. The molecule has 0 saturated heterocycles. The number of carbonyl (C=O) groups is 2. The normalized spacial score (nSPS) is 28.0. The second kappa shape index (κ2) is 5.75. The number of carbonyl (C=O) groups excluding carboxylic acids is 1. The summed E-state index contributed by atoms with van der Waals surface area (Å²) in [6.07, 6.45) is 1.30. The number of nitro benzene ring substituents is 1. The fraction of sp³-hybridized carbons (Fsp3) is 0.467. The monoisotopic (exact) mass is 306 g/mol. The molecule has 1 aromatic rings. The maximum atomic E-state index is 11.9. The second-order valence-electron chi connectivity index (χ2n) is 5.92. The zero-order chi connectivity index (χ0) is 16.5. The van der Waals surface area contributed by atoms with E-state index in [1.807, 2.05) is 6.92 Å². The van der Waals surface area contributed by atoms with Crippen LogP contribution in [0, 0.1) is 21.4 Å². The molecule has 0 heterocycles. The molecule has 1 fully saturated rings. The molecule has 7 heteroatoms. The predicted molar refractivity (Wildman–Crippen MR) is 78.1 cm³/mol. The van der Waals surface area contributed by atoms with E-state index >= 15 is 0 Å². The summed E-state index contributed by atoms with van der Waals surface area (Å²) in [6, 6.07) is 5.67. The number of aliphatic carboxylic acids is 1. The van der Waals surface area contributed by atoms with Crippen LogP contribution in [-0.2, 0) is 9.59 Å². The molecule has 3 N–H and O–H groups in total. The lowest BCUT2D eigenvalue weighted by molar-refractivity contribution is -0.384. The summed E-state index contributed by atoms with van der Waals surface area (Å²) < 4.78 is 0. The molecule has 1 saturated carbocycles. The van der Waals surface area contributed by atoms with E-state index < -0.39 is 28.1 Å². The summed E-state index contributed by atoms with van der Waals surface area (Å²) in [5, 5.41) is 20.3. The van der Waals surface area contributed by atoms with Crippen molar-refractivity contribution in [1.29, 1.82) is 0 Å². The van der Waals surface area contributed by atoms with Gasteiger partial charge in [-0.05, 0) is 30.7 Å². The van der Waals surface area contributed by atoms with Gasteiger partial charge in [-0.1, -0.05) is 19.1 Å². The molecule has 22 heavy (non-hydrogen) atoms. The second-order valence-corrected chi connectivity index (χ2v) is 5.92. The Morgan fingerprint density at radius 3 is 2.41 bits per heavy atom. The Kier molecular flexibility index (Phi) is 4.16. The number of amides is 1. The molecule has 118 valence electrons. The van der Waals surface area contributed by atoms with Crippen molar-refractivity contribution >= 4 is 17.6 Å². The van der Waals surface area contributed by atoms with Crippen molar-refractivity contribution in [3.8, 4) is 0 Å².